The first-order valence-corrected chi connectivity index (χ1v) is 6.87. The lowest BCUT2D eigenvalue weighted by Gasteiger charge is -2.17. The summed E-state index contributed by atoms with van der Waals surface area (Å²) < 4.78 is 10.9. The van der Waals surface area contributed by atoms with Gasteiger partial charge in [0.1, 0.15) is 6.61 Å². The number of hydrogen-bond acceptors (Lipinski definition) is 3. The van der Waals surface area contributed by atoms with Gasteiger partial charge < -0.3 is 14.4 Å². The molecule has 1 aliphatic rings. The standard InChI is InChI=1S/C14H18ClNO3/c1-18-12-4-2-3-5-13(12)19-7-6-16-10-11(9-15)8-14(16)17/h2-5,11H,6-10H2,1H3. The second-order valence-electron chi connectivity index (χ2n) is 4.56. The smallest absolute Gasteiger partial charge is 0.223 e. The lowest BCUT2D eigenvalue weighted by Crippen LogP contribution is -2.30. The molecule has 1 heterocycles. The number of likely N-dealkylation sites (tertiary alicyclic amines) is 1. The minimum atomic E-state index is 0.161. The molecule has 0 N–H and O–H groups in total. The van der Waals surface area contributed by atoms with Crippen LogP contribution < -0.4 is 9.47 Å². The lowest BCUT2D eigenvalue weighted by molar-refractivity contribution is -0.128. The number of benzene rings is 1. The van der Waals surface area contributed by atoms with E-state index in [0.29, 0.717) is 37.0 Å². The fourth-order valence-corrected chi connectivity index (χ4v) is 2.38. The summed E-state index contributed by atoms with van der Waals surface area (Å²) in [6, 6.07) is 7.48. The number of halogens is 1. The molecule has 0 radical (unpaired) electrons. The summed E-state index contributed by atoms with van der Waals surface area (Å²) in [6.45, 7) is 1.78. The zero-order valence-corrected chi connectivity index (χ0v) is 11.7. The largest absolute Gasteiger partial charge is 0.493 e. The molecular weight excluding hydrogens is 266 g/mol. The number of rotatable bonds is 6. The molecule has 0 spiro atoms. The van der Waals surface area contributed by atoms with Crippen LogP contribution in [-0.4, -0.2) is 43.5 Å². The molecule has 1 aliphatic heterocycles. The third kappa shape index (κ3) is 3.53. The molecule has 1 fully saturated rings. The molecule has 1 unspecified atom stereocenters. The maximum atomic E-state index is 11.7. The minimum absolute atomic E-state index is 0.161. The van der Waals surface area contributed by atoms with E-state index in [-0.39, 0.29) is 11.8 Å². The van der Waals surface area contributed by atoms with Gasteiger partial charge >= 0.3 is 0 Å². The summed E-state index contributed by atoms with van der Waals surface area (Å²) in [6.07, 6.45) is 0.554. The summed E-state index contributed by atoms with van der Waals surface area (Å²) in [5.41, 5.74) is 0. The Morgan fingerprint density at radius 3 is 2.74 bits per heavy atom. The number of carbonyl (C=O) groups excluding carboxylic acids is 1. The van der Waals surface area contributed by atoms with Crippen LogP contribution in [0.3, 0.4) is 0 Å². The van der Waals surface area contributed by atoms with Crippen molar-refractivity contribution in [3.63, 3.8) is 0 Å². The van der Waals surface area contributed by atoms with Crippen molar-refractivity contribution < 1.29 is 14.3 Å². The number of methoxy groups -OCH3 is 1. The highest BCUT2D eigenvalue weighted by atomic mass is 35.5. The normalized spacial score (nSPS) is 18.7. The van der Waals surface area contributed by atoms with Crippen molar-refractivity contribution in [2.45, 2.75) is 6.42 Å². The van der Waals surface area contributed by atoms with E-state index in [1.165, 1.54) is 0 Å². The topological polar surface area (TPSA) is 38.8 Å². The summed E-state index contributed by atoms with van der Waals surface area (Å²) >= 11 is 5.78. The number of para-hydroxylation sites is 2. The number of hydrogen-bond donors (Lipinski definition) is 0. The van der Waals surface area contributed by atoms with Gasteiger partial charge in [-0.3, -0.25) is 4.79 Å². The maximum Gasteiger partial charge on any atom is 0.223 e. The van der Waals surface area contributed by atoms with Crippen LogP contribution >= 0.6 is 11.6 Å². The zero-order valence-electron chi connectivity index (χ0n) is 11.0. The van der Waals surface area contributed by atoms with Crippen molar-refractivity contribution in [3.05, 3.63) is 24.3 Å². The van der Waals surface area contributed by atoms with Crippen LogP contribution in [0.4, 0.5) is 0 Å². The third-order valence-electron chi connectivity index (χ3n) is 3.20. The van der Waals surface area contributed by atoms with Gasteiger partial charge in [-0.1, -0.05) is 12.1 Å². The molecular formula is C14H18ClNO3. The van der Waals surface area contributed by atoms with Gasteiger partial charge in [-0.25, -0.2) is 0 Å². The first kappa shape index (κ1) is 14.0. The molecule has 1 saturated heterocycles. The SMILES string of the molecule is COc1ccccc1OCCN1CC(CCl)CC1=O. The molecule has 4 nitrogen and oxygen atoms in total. The molecule has 0 bridgehead atoms. The average Bonchev–Trinajstić information content (AvgIpc) is 2.80. The summed E-state index contributed by atoms with van der Waals surface area (Å²) in [5, 5.41) is 0. The molecule has 0 saturated carbocycles. The monoisotopic (exact) mass is 283 g/mol. The van der Waals surface area contributed by atoms with E-state index in [9.17, 15) is 4.79 Å². The predicted octanol–water partition coefficient (Wildman–Crippen LogP) is 2.16. The lowest BCUT2D eigenvalue weighted by atomic mass is 10.2. The number of amides is 1. The van der Waals surface area contributed by atoms with Crippen LogP contribution in [0, 0.1) is 5.92 Å². The Labute approximate surface area is 118 Å². The van der Waals surface area contributed by atoms with Crippen LogP contribution in [0.2, 0.25) is 0 Å². The van der Waals surface area contributed by atoms with Gasteiger partial charge in [0, 0.05) is 18.8 Å². The molecule has 2 rings (SSSR count). The molecule has 1 aromatic rings. The molecule has 0 aliphatic carbocycles. The minimum Gasteiger partial charge on any atom is -0.493 e. The number of carbonyl (C=O) groups is 1. The molecule has 19 heavy (non-hydrogen) atoms. The number of alkyl halides is 1. The fraction of sp³-hybridized carbons (Fsp3) is 0.500. The number of ether oxygens (including phenoxy) is 2. The average molecular weight is 284 g/mol. The predicted molar refractivity (Wildman–Crippen MR) is 73.9 cm³/mol. The van der Waals surface area contributed by atoms with E-state index in [1.54, 1.807) is 7.11 Å². The van der Waals surface area contributed by atoms with Crippen LogP contribution in [0.1, 0.15) is 6.42 Å². The molecule has 1 amide bonds. The van der Waals surface area contributed by atoms with Gasteiger partial charge in [0.15, 0.2) is 11.5 Å². The van der Waals surface area contributed by atoms with Crippen LogP contribution in [-0.2, 0) is 4.79 Å². The Bertz CT molecular complexity index is 438. The van der Waals surface area contributed by atoms with Crippen LogP contribution in [0.15, 0.2) is 24.3 Å². The molecule has 0 aromatic heterocycles. The van der Waals surface area contributed by atoms with E-state index >= 15 is 0 Å². The van der Waals surface area contributed by atoms with Gasteiger partial charge in [0.2, 0.25) is 5.91 Å². The Morgan fingerprint density at radius 1 is 1.37 bits per heavy atom. The van der Waals surface area contributed by atoms with E-state index < -0.39 is 0 Å². The van der Waals surface area contributed by atoms with Crippen molar-refractivity contribution in [1.82, 2.24) is 4.90 Å². The van der Waals surface area contributed by atoms with Gasteiger partial charge in [-0.15, -0.1) is 11.6 Å². The van der Waals surface area contributed by atoms with Gasteiger partial charge in [0.25, 0.3) is 0 Å². The summed E-state index contributed by atoms with van der Waals surface area (Å²) in [7, 11) is 1.61. The van der Waals surface area contributed by atoms with Crippen LogP contribution in [0.5, 0.6) is 11.5 Å². The van der Waals surface area contributed by atoms with Crippen molar-refractivity contribution in [3.8, 4) is 11.5 Å². The maximum absolute atomic E-state index is 11.7. The van der Waals surface area contributed by atoms with Crippen molar-refractivity contribution in [2.24, 2.45) is 5.92 Å². The van der Waals surface area contributed by atoms with E-state index in [0.717, 1.165) is 6.54 Å². The van der Waals surface area contributed by atoms with E-state index in [1.807, 2.05) is 29.2 Å². The third-order valence-corrected chi connectivity index (χ3v) is 3.64. The second-order valence-corrected chi connectivity index (χ2v) is 4.87. The Hall–Kier alpha value is -1.42. The van der Waals surface area contributed by atoms with E-state index in [4.69, 9.17) is 21.1 Å². The molecule has 104 valence electrons. The summed E-state index contributed by atoms with van der Waals surface area (Å²) in [5.74, 6) is 2.38. The van der Waals surface area contributed by atoms with Gasteiger partial charge in [-0.2, -0.15) is 0 Å². The zero-order chi connectivity index (χ0) is 13.7. The van der Waals surface area contributed by atoms with Crippen molar-refractivity contribution in [1.29, 1.82) is 0 Å². The van der Waals surface area contributed by atoms with E-state index in [2.05, 4.69) is 0 Å². The molecule has 1 atom stereocenters. The Morgan fingerprint density at radius 2 is 2.11 bits per heavy atom. The highest BCUT2D eigenvalue weighted by molar-refractivity contribution is 6.18. The van der Waals surface area contributed by atoms with Gasteiger partial charge in [0.05, 0.1) is 13.7 Å². The number of nitrogens with zero attached hydrogens (tertiary/aromatic N) is 1. The highest BCUT2D eigenvalue weighted by Gasteiger charge is 2.28. The van der Waals surface area contributed by atoms with Crippen molar-refractivity contribution >= 4 is 17.5 Å². The quantitative estimate of drug-likeness (QED) is 0.751. The Balaban J connectivity index is 1.82. The summed E-state index contributed by atoms with van der Waals surface area (Å²) in [4.78, 5) is 13.5. The van der Waals surface area contributed by atoms with Crippen LogP contribution in [0.25, 0.3) is 0 Å². The first-order chi connectivity index (χ1) is 9.24. The van der Waals surface area contributed by atoms with Gasteiger partial charge in [-0.05, 0) is 18.1 Å². The van der Waals surface area contributed by atoms with Crippen molar-refractivity contribution in [2.75, 3.05) is 32.7 Å². The fourth-order valence-electron chi connectivity index (χ4n) is 2.18. The molecule has 1 aromatic carbocycles. The second kappa shape index (κ2) is 6.66. The molecule has 5 heteroatoms. The highest BCUT2D eigenvalue weighted by Crippen LogP contribution is 2.26. The Kier molecular flexibility index (Phi) is 4.91. The first-order valence-electron chi connectivity index (χ1n) is 6.34.